The van der Waals surface area contributed by atoms with Gasteiger partial charge in [0.1, 0.15) is 13.2 Å². The van der Waals surface area contributed by atoms with Crippen LogP contribution in [-0.4, -0.2) is 71.4 Å². The van der Waals surface area contributed by atoms with E-state index in [9.17, 15) is 13.2 Å². The molecule has 0 spiro atoms. The van der Waals surface area contributed by atoms with Crippen molar-refractivity contribution in [3.05, 3.63) is 18.2 Å². The fourth-order valence-electron chi connectivity index (χ4n) is 4.17. The summed E-state index contributed by atoms with van der Waals surface area (Å²) in [6, 6.07) is 5.10. The number of nitrogens with zero attached hydrogens (tertiary/aromatic N) is 2. The van der Waals surface area contributed by atoms with Gasteiger partial charge in [-0.15, -0.1) is 0 Å². The van der Waals surface area contributed by atoms with Crippen LogP contribution in [0.1, 0.15) is 39.0 Å². The predicted molar refractivity (Wildman–Crippen MR) is 121 cm³/mol. The van der Waals surface area contributed by atoms with Crippen molar-refractivity contribution in [1.82, 2.24) is 10.2 Å². The Bertz CT molecular complexity index is 846. The van der Waals surface area contributed by atoms with E-state index in [0.717, 1.165) is 32.0 Å². The quantitative estimate of drug-likeness (QED) is 0.547. The minimum absolute atomic E-state index is 0.0392. The molecule has 0 aromatic heterocycles. The Kier molecular flexibility index (Phi) is 8.43. The van der Waals surface area contributed by atoms with Crippen molar-refractivity contribution in [2.24, 2.45) is 5.92 Å². The summed E-state index contributed by atoms with van der Waals surface area (Å²) in [5.41, 5.74) is 0.517. The third-order valence-electron chi connectivity index (χ3n) is 5.69. The van der Waals surface area contributed by atoms with E-state index in [-0.39, 0.29) is 18.9 Å². The highest BCUT2D eigenvalue weighted by molar-refractivity contribution is 7.92. The summed E-state index contributed by atoms with van der Waals surface area (Å²) < 4.78 is 37.0. The lowest BCUT2D eigenvalue weighted by Gasteiger charge is -2.30. The third-order valence-corrected chi connectivity index (χ3v) is 6.89. The minimum Gasteiger partial charge on any atom is -0.486 e. The van der Waals surface area contributed by atoms with Crippen molar-refractivity contribution in [1.29, 1.82) is 0 Å². The zero-order chi connectivity index (χ0) is 22.3. The third kappa shape index (κ3) is 7.28. The summed E-state index contributed by atoms with van der Waals surface area (Å²) in [6.07, 6.45) is 5.41. The SMILES string of the molecule is C[C@H]1CCCN(CCCNC(=O)CCCN(c2ccc3c(c2)OCCO3)S(C)(=O)=O)C1. The molecule has 1 N–H and O–H groups in total. The number of hydrogen-bond donors (Lipinski definition) is 1. The number of hydrogen-bond acceptors (Lipinski definition) is 6. The molecular weight excluding hydrogens is 418 g/mol. The van der Waals surface area contributed by atoms with Crippen molar-refractivity contribution in [2.45, 2.75) is 39.0 Å². The van der Waals surface area contributed by atoms with Crippen molar-refractivity contribution in [3.63, 3.8) is 0 Å². The number of carbonyl (C=O) groups excluding carboxylic acids is 1. The molecule has 0 aliphatic carbocycles. The maximum atomic E-state index is 12.3. The lowest BCUT2D eigenvalue weighted by Crippen LogP contribution is -2.36. The molecule has 0 radical (unpaired) electrons. The molecule has 2 heterocycles. The normalized spacial score (nSPS) is 19.1. The molecule has 8 nitrogen and oxygen atoms in total. The molecule has 1 amide bonds. The number of rotatable bonds is 10. The molecule has 0 bridgehead atoms. The first-order valence-corrected chi connectivity index (χ1v) is 13.0. The standard InChI is InChI=1S/C22H35N3O5S/c1-18-6-3-11-24(17-18)12-5-10-23-22(26)7-4-13-25(31(2,27)28)19-8-9-20-21(16-19)30-15-14-29-20/h8-9,16,18H,3-7,10-15,17H2,1-2H3,(H,23,26)/t18-/m0/s1. The van der Waals surface area contributed by atoms with Gasteiger partial charge in [-0.25, -0.2) is 8.42 Å². The number of piperidine rings is 1. The lowest BCUT2D eigenvalue weighted by molar-refractivity contribution is -0.121. The molecule has 1 aromatic carbocycles. The molecule has 0 saturated carbocycles. The summed E-state index contributed by atoms with van der Waals surface area (Å²) >= 11 is 0. The monoisotopic (exact) mass is 453 g/mol. The van der Waals surface area contributed by atoms with Crippen LogP contribution in [0.5, 0.6) is 11.5 Å². The molecule has 2 aliphatic rings. The van der Waals surface area contributed by atoms with Crippen molar-refractivity contribution in [2.75, 3.05) is 56.5 Å². The molecule has 3 rings (SSSR count). The molecule has 174 valence electrons. The molecule has 2 aliphatic heterocycles. The highest BCUT2D eigenvalue weighted by atomic mass is 32.2. The molecule has 9 heteroatoms. The number of anilines is 1. The van der Waals surface area contributed by atoms with Crippen molar-refractivity contribution < 1.29 is 22.7 Å². The minimum atomic E-state index is -3.48. The molecule has 31 heavy (non-hydrogen) atoms. The van der Waals surface area contributed by atoms with Crippen molar-refractivity contribution in [3.8, 4) is 11.5 Å². The second-order valence-corrected chi connectivity index (χ2v) is 10.4. The molecule has 1 atom stereocenters. The maximum Gasteiger partial charge on any atom is 0.232 e. The number of amides is 1. The number of likely N-dealkylation sites (tertiary alicyclic amines) is 1. The molecule has 1 saturated heterocycles. The highest BCUT2D eigenvalue weighted by Gasteiger charge is 2.21. The summed E-state index contributed by atoms with van der Waals surface area (Å²) in [7, 11) is -3.48. The van der Waals surface area contributed by atoms with Gasteiger partial charge in [0.15, 0.2) is 11.5 Å². The van der Waals surface area contributed by atoms with Crippen LogP contribution in [0.4, 0.5) is 5.69 Å². The Morgan fingerprint density at radius 2 is 2.00 bits per heavy atom. The fraction of sp³-hybridized carbons (Fsp3) is 0.682. The Morgan fingerprint density at radius 1 is 1.23 bits per heavy atom. The van der Waals surface area contributed by atoms with E-state index in [2.05, 4.69) is 17.1 Å². The van der Waals surface area contributed by atoms with Gasteiger partial charge in [0.05, 0.1) is 11.9 Å². The van der Waals surface area contributed by atoms with Gasteiger partial charge in [-0.2, -0.15) is 0 Å². The van der Waals surface area contributed by atoms with E-state index in [1.54, 1.807) is 18.2 Å². The predicted octanol–water partition coefficient (Wildman–Crippen LogP) is 2.24. The summed E-state index contributed by atoms with van der Waals surface area (Å²) in [5.74, 6) is 1.87. The average molecular weight is 454 g/mol. The second-order valence-electron chi connectivity index (χ2n) is 8.52. The van der Waals surface area contributed by atoms with Gasteiger partial charge in [0.2, 0.25) is 15.9 Å². The number of carbonyl (C=O) groups is 1. The smallest absolute Gasteiger partial charge is 0.232 e. The van der Waals surface area contributed by atoms with Gasteiger partial charge in [-0.1, -0.05) is 6.92 Å². The number of fused-ring (bicyclic) bond motifs is 1. The van der Waals surface area contributed by atoms with E-state index >= 15 is 0 Å². The number of benzene rings is 1. The molecule has 0 unspecified atom stereocenters. The van der Waals surface area contributed by atoms with Crippen LogP contribution in [0, 0.1) is 5.92 Å². The van der Waals surface area contributed by atoms with Gasteiger partial charge in [0.25, 0.3) is 0 Å². The Labute approximate surface area is 185 Å². The van der Waals surface area contributed by atoms with Crippen LogP contribution >= 0.6 is 0 Å². The number of nitrogens with one attached hydrogen (secondary N) is 1. The Morgan fingerprint density at radius 3 is 2.74 bits per heavy atom. The van der Waals surface area contributed by atoms with E-state index in [1.807, 2.05) is 0 Å². The number of ether oxygens (including phenoxy) is 2. The first kappa shape index (κ1) is 23.7. The highest BCUT2D eigenvalue weighted by Crippen LogP contribution is 2.34. The lowest BCUT2D eigenvalue weighted by atomic mass is 10.0. The van der Waals surface area contributed by atoms with Crippen LogP contribution in [0.2, 0.25) is 0 Å². The van der Waals surface area contributed by atoms with E-state index < -0.39 is 10.0 Å². The van der Waals surface area contributed by atoms with Crippen LogP contribution in [0.25, 0.3) is 0 Å². The van der Waals surface area contributed by atoms with Crippen LogP contribution in [0.3, 0.4) is 0 Å². The first-order chi connectivity index (χ1) is 14.8. The fourth-order valence-corrected chi connectivity index (χ4v) is 5.12. The summed E-state index contributed by atoms with van der Waals surface area (Å²) in [6.45, 7) is 7.41. The summed E-state index contributed by atoms with van der Waals surface area (Å²) in [5, 5.41) is 2.96. The van der Waals surface area contributed by atoms with Crippen LogP contribution < -0.4 is 19.1 Å². The largest absolute Gasteiger partial charge is 0.486 e. The zero-order valence-corrected chi connectivity index (χ0v) is 19.5. The van der Waals surface area contributed by atoms with Gasteiger partial charge in [-0.05, 0) is 56.8 Å². The maximum absolute atomic E-state index is 12.3. The number of sulfonamides is 1. The second kappa shape index (κ2) is 11.0. The van der Waals surface area contributed by atoms with Crippen molar-refractivity contribution >= 4 is 21.6 Å². The zero-order valence-electron chi connectivity index (χ0n) is 18.6. The van der Waals surface area contributed by atoms with Crippen LogP contribution in [-0.2, 0) is 14.8 Å². The summed E-state index contributed by atoms with van der Waals surface area (Å²) in [4.78, 5) is 14.6. The van der Waals surface area contributed by atoms with Gasteiger partial charge < -0.3 is 19.7 Å². The Balaban J connectivity index is 1.42. The topological polar surface area (TPSA) is 88.2 Å². The van der Waals surface area contributed by atoms with Crippen LogP contribution in [0.15, 0.2) is 18.2 Å². The molecule has 1 fully saturated rings. The average Bonchev–Trinajstić information content (AvgIpc) is 2.73. The Hall–Kier alpha value is -2.00. The molecule has 1 aromatic rings. The molecular formula is C22H35N3O5S. The van der Waals surface area contributed by atoms with Gasteiger partial charge in [-0.3, -0.25) is 9.10 Å². The van der Waals surface area contributed by atoms with E-state index in [4.69, 9.17) is 9.47 Å². The van der Waals surface area contributed by atoms with Gasteiger partial charge in [0, 0.05) is 32.1 Å². The van der Waals surface area contributed by atoms with E-state index in [1.165, 1.54) is 23.4 Å². The van der Waals surface area contributed by atoms with E-state index in [0.29, 0.717) is 43.4 Å². The van der Waals surface area contributed by atoms with Gasteiger partial charge >= 0.3 is 0 Å². The first-order valence-electron chi connectivity index (χ1n) is 11.2.